The fraction of sp³-hybridized carbons (Fsp3) is 0.833. The Hall–Kier alpha value is -0.917. The van der Waals surface area contributed by atoms with Gasteiger partial charge in [-0.25, -0.2) is 0 Å². The molecule has 194 valence electrons. The van der Waals surface area contributed by atoms with Gasteiger partial charge in [0.15, 0.2) is 0 Å². The van der Waals surface area contributed by atoms with Gasteiger partial charge in [0.25, 0.3) is 0 Å². The molecule has 0 aliphatic rings. The van der Waals surface area contributed by atoms with E-state index in [9.17, 15) is 29.4 Å². The molecule has 0 amide bonds. The van der Waals surface area contributed by atoms with Gasteiger partial charge in [-0.3, -0.25) is 9.59 Å². The van der Waals surface area contributed by atoms with Crippen LogP contribution in [0.25, 0.3) is 0 Å². The molecule has 2 atom stereocenters. The number of hydrogen-bond donors (Lipinski definition) is 2. The van der Waals surface area contributed by atoms with E-state index in [0.29, 0.717) is 12.8 Å². The third-order valence-corrected chi connectivity index (χ3v) is 4.60. The number of Topliss-reactive ketones (excluding diaryl/α,β-unsaturated/α-hetero) is 2. The largest absolute Gasteiger partial charge is 2.00 e. The second-order valence-corrected chi connectivity index (χ2v) is 9.47. The molecule has 2 N–H and O–H groups in total. The molecular weight excluding hydrogens is 507 g/mol. The van der Waals surface area contributed by atoms with Gasteiger partial charge in [-0.1, -0.05) is 55.4 Å². The summed E-state index contributed by atoms with van der Waals surface area (Å²) in [6, 6.07) is 0. The Morgan fingerprint density at radius 1 is 0.636 bits per heavy atom. The normalized spacial score (nSPS) is 12.4. The second kappa shape index (κ2) is 20.5. The molecule has 0 fully saturated rings. The first-order valence-corrected chi connectivity index (χ1v) is 11.0. The van der Waals surface area contributed by atoms with Crippen molar-refractivity contribution in [1.82, 2.24) is 0 Å². The molecule has 8 nitrogen and oxygen atoms in total. The molecule has 2 unspecified atom stereocenters. The molecule has 0 aliphatic heterocycles. The van der Waals surface area contributed by atoms with Crippen LogP contribution in [-0.4, -0.2) is 45.9 Å². The molecule has 0 saturated carbocycles. The van der Waals surface area contributed by atoms with Crippen molar-refractivity contribution in [1.29, 1.82) is 0 Å². The van der Waals surface area contributed by atoms with E-state index in [2.05, 4.69) is 0 Å². The third kappa shape index (κ3) is 24.0. The smallest absolute Gasteiger partial charge is 0.549 e. The first kappa shape index (κ1) is 42.3. The van der Waals surface area contributed by atoms with Gasteiger partial charge >= 0.3 is 26.2 Å². The quantitative estimate of drug-likeness (QED) is 0.429. The standard InChI is InChI=1S/2C9H16O3.2C3H8O.Zr/c2*1-5-9(3,4)7(10)6(2)8(11)12;2*1-3(2)4;/h2*6H,5H2,1-4H3,(H,11,12);2*3-4H,1-2H3;/q;;;;+2/p-2. The summed E-state index contributed by atoms with van der Waals surface area (Å²) >= 11 is 0. The topological polar surface area (TPSA) is 155 Å². The van der Waals surface area contributed by atoms with Crippen molar-refractivity contribution in [3.05, 3.63) is 0 Å². The molecule has 33 heavy (non-hydrogen) atoms. The minimum absolute atomic E-state index is 0. The van der Waals surface area contributed by atoms with Crippen molar-refractivity contribution >= 4 is 23.5 Å². The predicted octanol–water partition coefficient (Wildman–Crippen LogP) is 1.53. The van der Waals surface area contributed by atoms with Crippen LogP contribution in [0.2, 0.25) is 0 Å². The Morgan fingerprint density at radius 2 is 0.788 bits per heavy atom. The number of carbonyl (C=O) groups is 4. The van der Waals surface area contributed by atoms with Crippen LogP contribution in [0.1, 0.15) is 95.9 Å². The van der Waals surface area contributed by atoms with Crippen LogP contribution in [0.3, 0.4) is 0 Å². The van der Waals surface area contributed by atoms with Crippen LogP contribution < -0.4 is 10.2 Å². The zero-order chi connectivity index (χ0) is 27.0. The van der Waals surface area contributed by atoms with Crippen LogP contribution in [0, 0.1) is 22.7 Å². The van der Waals surface area contributed by atoms with Crippen molar-refractivity contribution in [3.63, 3.8) is 0 Å². The molecule has 0 aromatic heterocycles. The van der Waals surface area contributed by atoms with Crippen molar-refractivity contribution in [2.45, 2.75) is 108 Å². The number of rotatable bonds is 8. The monoisotopic (exact) mass is 552 g/mol. The van der Waals surface area contributed by atoms with Crippen molar-refractivity contribution < 1.29 is 65.8 Å². The zero-order valence-corrected chi connectivity index (χ0v) is 25.0. The minimum atomic E-state index is -1.29. The zero-order valence-electron chi connectivity index (χ0n) is 22.6. The molecule has 9 heteroatoms. The van der Waals surface area contributed by atoms with Gasteiger partial charge in [-0.05, 0) is 40.5 Å². The molecule has 0 rings (SSSR count). The van der Waals surface area contributed by atoms with Gasteiger partial charge in [0.05, 0.1) is 23.8 Å². The molecule has 0 aliphatic carbocycles. The van der Waals surface area contributed by atoms with Gasteiger partial charge < -0.3 is 30.0 Å². The van der Waals surface area contributed by atoms with Crippen molar-refractivity contribution in [3.8, 4) is 0 Å². The Morgan fingerprint density at radius 3 is 0.879 bits per heavy atom. The molecule has 0 spiro atoms. The second-order valence-electron chi connectivity index (χ2n) is 9.47. The van der Waals surface area contributed by atoms with Gasteiger partial charge in [0.1, 0.15) is 11.6 Å². The molecule has 0 heterocycles. The van der Waals surface area contributed by atoms with Gasteiger partial charge in [-0.2, -0.15) is 0 Å². The van der Waals surface area contributed by atoms with Crippen molar-refractivity contribution in [2.24, 2.45) is 22.7 Å². The SMILES string of the molecule is CC(C)O.CC(C)O.CCC(C)(C)C(=O)C(C)C(=O)[O-].CCC(C)(C)C(=O)C(C)C(=O)[O-].[Zr+2]. The van der Waals surface area contributed by atoms with Gasteiger partial charge in [-0.15, -0.1) is 0 Å². The summed E-state index contributed by atoms with van der Waals surface area (Å²) in [7, 11) is 0. The molecule has 0 bridgehead atoms. The molecular formula is C24H46O8Zr. The van der Waals surface area contributed by atoms with E-state index in [-0.39, 0.29) is 50.0 Å². The number of hydrogen-bond acceptors (Lipinski definition) is 8. The summed E-state index contributed by atoms with van der Waals surface area (Å²) in [4.78, 5) is 43.6. The summed E-state index contributed by atoms with van der Waals surface area (Å²) in [5, 5.41) is 36.9. The minimum Gasteiger partial charge on any atom is -0.549 e. The van der Waals surface area contributed by atoms with Crippen LogP contribution in [0.15, 0.2) is 0 Å². The first-order valence-electron chi connectivity index (χ1n) is 11.0. The van der Waals surface area contributed by atoms with Crippen LogP contribution in [-0.2, 0) is 45.4 Å². The first-order chi connectivity index (χ1) is 14.1. The Balaban J connectivity index is -0.000000117. The van der Waals surface area contributed by atoms with E-state index < -0.39 is 34.6 Å². The van der Waals surface area contributed by atoms with E-state index in [4.69, 9.17) is 10.2 Å². The maximum absolute atomic E-state index is 11.4. The number of aliphatic hydroxyl groups excluding tert-OH is 2. The number of aliphatic hydroxyl groups is 2. The molecule has 0 saturated heterocycles. The van der Waals surface area contributed by atoms with E-state index in [0.717, 1.165) is 0 Å². The van der Waals surface area contributed by atoms with E-state index >= 15 is 0 Å². The third-order valence-electron chi connectivity index (χ3n) is 4.60. The fourth-order valence-corrected chi connectivity index (χ4v) is 1.73. The number of ketones is 2. The van der Waals surface area contributed by atoms with Crippen molar-refractivity contribution in [2.75, 3.05) is 0 Å². The van der Waals surface area contributed by atoms with Crippen LogP contribution in [0.4, 0.5) is 0 Å². The fourth-order valence-electron chi connectivity index (χ4n) is 1.73. The van der Waals surface area contributed by atoms with E-state index in [1.807, 2.05) is 13.8 Å². The average molecular weight is 554 g/mol. The number of aliphatic carboxylic acids is 2. The Bertz CT molecular complexity index is 513. The van der Waals surface area contributed by atoms with Crippen LogP contribution >= 0.6 is 0 Å². The average Bonchev–Trinajstić information content (AvgIpc) is 2.64. The summed E-state index contributed by atoms with van der Waals surface area (Å²) in [5.41, 5.74) is -1.11. The van der Waals surface area contributed by atoms with Crippen LogP contribution in [0.5, 0.6) is 0 Å². The maximum Gasteiger partial charge on any atom is 2.00 e. The molecule has 0 radical (unpaired) electrons. The number of carboxylic acids is 2. The summed E-state index contributed by atoms with van der Waals surface area (Å²) in [6.45, 7) is 20.3. The van der Waals surface area contributed by atoms with E-state index in [1.54, 1.807) is 55.4 Å². The number of carboxylic acid groups (broad SMARTS) is 2. The summed E-state index contributed by atoms with van der Waals surface area (Å²) < 4.78 is 0. The molecule has 0 aromatic rings. The molecule has 0 aromatic carbocycles. The Kier molecular flexibility index (Phi) is 26.2. The Labute approximate surface area is 219 Å². The summed E-state index contributed by atoms with van der Waals surface area (Å²) in [6.07, 6.45) is 0.951. The summed E-state index contributed by atoms with van der Waals surface area (Å²) in [5.74, 6) is -5.10. The van der Waals surface area contributed by atoms with Gasteiger partial charge in [0.2, 0.25) is 0 Å². The number of carbonyl (C=O) groups excluding carboxylic acids is 4. The van der Waals surface area contributed by atoms with E-state index in [1.165, 1.54) is 13.8 Å². The maximum atomic E-state index is 11.4. The van der Waals surface area contributed by atoms with Gasteiger partial charge in [0, 0.05) is 23.0 Å². The predicted molar refractivity (Wildman–Crippen MR) is 121 cm³/mol.